The van der Waals surface area contributed by atoms with Crippen molar-refractivity contribution in [1.29, 1.82) is 0 Å². The van der Waals surface area contributed by atoms with Crippen LogP contribution in [0.1, 0.15) is 22.7 Å². The third-order valence-corrected chi connectivity index (χ3v) is 4.96. The topological polar surface area (TPSA) is 30.3 Å². The van der Waals surface area contributed by atoms with E-state index in [0.717, 1.165) is 28.6 Å². The van der Waals surface area contributed by atoms with Crippen molar-refractivity contribution >= 4 is 11.6 Å². The average molecular weight is 392 g/mol. The Bertz CT molecular complexity index is 1000. The van der Waals surface area contributed by atoms with Gasteiger partial charge in [0, 0.05) is 36.6 Å². The first-order valence-corrected chi connectivity index (χ1v) is 9.58. The molecule has 0 aliphatic carbocycles. The van der Waals surface area contributed by atoms with Crippen LogP contribution in [-0.2, 0) is 13.6 Å². The fraction of sp³-hybridized carbons (Fsp3) is 0.174. The van der Waals surface area contributed by atoms with Crippen molar-refractivity contribution in [2.75, 3.05) is 0 Å². The van der Waals surface area contributed by atoms with E-state index in [1.807, 2.05) is 66.6 Å². The van der Waals surface area contributed by atoms with E-state index in [-0.39, 0.29) is 6.04 Å². The van der Waals surface area contributed by atoms with Gasteiger partial charge in [-0.15, -0.1) is 0 Å². The first kappa shape index (κ1) is 18.4. The molecule has 1 aliphatic heterocycles. The summed E-state index contributed by atoms with van der Waals surface area (Å²) in [4.78, 5) is 2.27. The van der Waals surface area contributed by atoms with Gasteiger partial charge in [0.05, 0.1) is 12.2 Å². The van der Waals surface area contributed by atoms with Gasteiger partial charge in [0.2, 0.25) is 0 Å². The molecule has 0 radical (unpaired) electrons. The maximum Gasteiger partial charge on any atom is 0.127 e. The molecule has 4 rings (SSSR count). The van der Waals surface area contributed by atoms with Gasteiger partial charge >= 0.3 is 0 Å². The number of aryl methyl sites for hydroxylation is 2. The summed E-state index contributed by atoms with van der Waals surface area (Å²) in [5.41, 5.74) is 3.52. The van der Waals surface area contributed by atoms with Crippen molar-refractivity contribution in [3.05, 3.63) is 107 Å². The summed E-state index contributed by atoms with van der Waals surface area (Å²) in [6.07, 6.45) is 10.2. The lowest BCUT2D eigenvalue weighted by Crippen LogP contribution is -2.25. The van der Waals surface area contributed by atoms with Crippen LogP contribution in [0.25, 0.3) is 0 Å². The van der Waals surface area contributed by atoms with Crippen LogP contribution in [0.4, 0.5) is 0 Å². The maximum atomic E-state index is 6.09. The Balaban J connectivity index is 1.59. The van der Waals surface area contributed by atoms with E-state index in [2.05, 4.69) is 41.3 Å². The van der Waals surface area contributed by atoms with Gasteiger partial charge in [0.15, 0.2) is 0 Å². The van der Waals surface area contributed by atoms with Crippen molar-refractivity contribution in [1.82, 2.24) is 14.7 Å². The van der Waals surface area contributed by atoms with Crippen LogP contribution in [0, 0.1) is 6.92 Å². The molecule has 3 aromatic rings. The summed E-state index contributed by atoms with van der Waals surface area (Å²) in [6, 6.07) is 16.1. The molecule has 0 spiro atoms. The van der Waals surface area contributed by atoms with Crippen molar-refractivity contribution in [3.63, 3.8) is 0 Å². The van der Waals surface area contributed by atoms with Crippen LogP contribution < -0.4 is 4.74 Å². The molecule has 142 valence electrons. The molecule has 2 heterocycles. The molecule has 0 bridgehead atoms. The number of hydrogen-bond acceptors (Lipinski definition) is 3. The molecule has 0 N–H and O–H groups in total. The average Bonchev–Trinajstić information content (AvgIpc) is 3.13. The maximum absolute atomic E-state index is 6.09. The molecule has 28 heavy (non-hydrogen) atoms. The normalized spacial score (nSPS) is 16.2. The monoisotopic (exact) mass is 391 g/mol. The molecular formula is C23H22ClN3O. The molecule has 0 amide bonds. The van der Waals surface area contributed by atoms with Gasteiger partial charge in [-0.05, 0) is 48.9 Å². The molecule has 1 unspecified atom stereocenters. The van der Waals surface area contributed by atoms with E-state index in [4.69, 9.17) is 16.3 Å². The predicted octanol–water partition coefficient (Wildman–Crippen LogP) is 5.42. The van der Waals surface area contributed by atoms with E-state index in [9.17, 15) is 0 Å². The van der Waals surface area contributed by atoms with E-state index in [1.165, 1.54) is 11.1 Å². The van der Waals surface area contributed by atoms with E-state index < -0.39 is 0 Å². The lowest BCUT2D eigenvalue weighted by atomic mass is 10.0. The molecule has 2 aromatic carbocycles. The van der Waals surface area contributed by atoms with Gasteiger partial charge in [-0.3, -0.25) is 4.68 Å². The summed E-state index contributed by atoms with van der Waals surface area (Å²) in [6.45, 7) is 2.83. The van der Waals surface area contributed by atoms with Gasteiger partial charge in [0.25, 0.3) is 0 Å². The minimum atomic E-state index is 0.0369. The van der Waals surface area contributed by atoms with Crippen molar-refractivity contribution < 1.29 is 4.74 Å². The fourth-order valence-electron chi connectivity index (χ4n) is 3.21. The molecule has 0 saturated heterocycles. The summed E-state index contributed by atoms with van der Waals surface area (Å²) in [5.74, 6) is 1.66. The van der Waals surface area contributed by atoms with Crippen LogP contribution >= 0.6 is 11.6 Å². The van der Waals surface area contributed by atoms with Gasteiger partial charge in [0.1, 0.15) is 11.5 Å². The zero-order valence-electron chi connectivity index (χ0n) is 15.9. The standard InChI is InChI=1S/C23H22ClN3O/c1-17-3-9-21(10-4-17)28-22-11-12-27(15-18-5-7-20(24)8-6-18)23(13-22)19-14-25-26(2)16-19/h3-14,16,23H,15H2,1-2H3. The Morgan fingerprint density at radius 1 is 1.07 bits per heavy atom. The van der Waals surface area contributed by atoms with Gasteiger partial charge in [-0.1, -0.05) is 41.4 Å². The smallest absolute Gasteiger partial charge is 0.127 e. The second-order valence-corrected chi connectivity index (χ2v) is 7.43. The van der Waals surface area contributed by atoms with E-state index in [1.54, 1.807) is 0 Å². The van der Waals surface area contributed by atoms with Crippen molar-refractivity contribution in [3.8, 4) is 5.75 Å². The van der Waals surface area contributed by atoms with Gasteiger partial charge < -0.3 is 9.64 Å². The molecule has 1 atom stereocenters. The quantitative estimate of drug-likeness (QED) is 0.582. The van der Waals surface area contributed by atoms with Gasteiger partial charge in [-0.2, -0.15) is 5.10 Å². The Hall–Kier alpha value is -2.98. The minimum Gasteiger partial charge on any atom is -0.458 e. The number of allylic oxidation sites excluding steroid dienone is 1. The zero-order chi connectivity index (χ0) is 19.5. The third-order valence-electron chi connectivity index (χ3n) is 4.71. The molecule has 1 aliphatic rings. The Morgan fingerprint density at radius 3 is 2.50 bits per heavy atom. The highest BCUT2D eigenvalue weighted by Gasteiger charge is 2.22. The lowest BCUT2D eigenvalue weighted by Gasteiger charge is -2.31. The second kappa shape index (κ2) is 7.95. The number of rotatable bonds is 5. The summed E-state index contributed by atoms with van der Waals surface area (Å²) in [5, 5.41) is 5.09. The Kier molecular flexibility index (Phi) is 5.22. The van der Waals surface area contributed by atoms with Crippen molar-refractivity contribution in [2.24, 2.45) is 7.05 Å². The molecule has 5 heteroatoms. The minimum absolute atomic E-state index is 0.0369. The number of ether oxygens (including phenoxy) is 1. The predicted molar refractivity (Wildman–Crippen MR) is 112 cm³/mol. The van der Waals surface area contributed by atoms with Crippen LogP contribution in [0.3, 0.4) is 0 Å². The first-order chi connectivity index (χ1) is 13.6. The highest BCUT2D eigenvalue weighted by atomic mass is 35.5. The van der Waals surface area contributed by atoms with Crippen LogP contribution in [-0.4, -0.2) is 14.7 Å². The lowest BCUT2D eigenvalue weighted by molar-refractivity contribution is 0.297. The van der Waals surface area contributed by atoms with Crippen molar-refractivity contribution in [2.45, 2.75) is 19.5 Å². The zero-order valence-corrected chi connectivity index (χ0v) is 16.7. The van der Waals surface area contributed by atoms with Crippen LogP contribution in [0.15, 0.2) is 85.0 Å². The number of benzene rings is 2. The molecule has 0 fully saturated rings. The largest absolute Gasteiger partial charge is 0.458 e. The molecule has 4 nitrogen and oxygen atoms in total. The second-order valence-electron chi connectivity index (χ2n) is 6.99. The van der Waals surface area contributed by atoms with Gasteiger partial charge in [-0.25, -0.2) is 0 Å². The summed E-state index contributed by atoms with van der Waals surface area (Å²) < 4.78 is 7.91. The highest BCUT2D eigenvalue weighted by molar-refractivity contribution is 6.30. The summed E-state index contributed by atoms with van der Waals surface area (Å²) in [7, 11) is 1.93. The Labute approximate surface area is 170 Å². The first-order valence-electron chi connectivity index (χ1n) is 9.20. The molecule has 1 aromatic heterocycles. The van der Waals surface area contributed by atoms with Crippen LogP contribution in [0.2, 0.25) is 5.02 Å². The molecule has 0 saturated carbocycles. The number of nitrogens with zero attached hydrogens (tertiary/aromatic N) is 3. The van der Waals surface area contributed by atoms with Crippen LogP contribution in [0.5, 0.6) is 5.75 Å². The third kappa shape index (κ3) is 4.29. The summed E-state index contributed by atoms with van der Waals surface area (Å²) >= 11 is 6.02. The van der Waals surface area contributed by atoms with E-state index >= 15 is 0 Å². The number of halogens is 1. The number of aromatic nitrogens is 2. The number of hydrogen-bond donors (Lipinski definition) is 0. The fourth-order valence-corrected chi connectivity index (χ4v) is 3.34. The Morgan fingerprint density at radius 2 is 1.82 bits per heavy atom. The molecular weight excluding hydrogens is 370 g/mol. The van der Waals surface area contributed by atoms with E-state index in [0.29, 0.717) is 0 Å². The SMILES string of the molecule is Cc1ccc(OC2=CC(c3cnn(C)c3)N(Cc3ccc(Cl)cc3)C=C2)cc1. The highest BCUT2D eigenvalue weighted by Crippen LogP contribution is 2.30.